The Bertz CT molecular complexity index is 744. The van der Waals surface area contributed by atoms with Crippen molar-refractivity contribution >= 4 is 29.8 Å². The van der Waals surface area contributed by atoms with Gasteiger partial charge in [-0.1, -0.05) is 20.8 Å². The van der Waals surface area contributed by atoms with Gasteiger partial charge in [-0.05, 0) is 38.6 Å². The molecule has 1 heterocycles. The SMILES string of the molecule is CCc1nc(C)ccc1OCC(=O)OCCN(CC)CC.O=C(O)C(=O)O.O=C(O)C(=O)O. The van der Waals surface area contributed by atoms with Gasteiger partial charge in [0.2, 0.25) is 0 Å². The van der Waals surface area contributed by atoms with Crippen LogP contribution in [-0.4, -0.2) is 93.0 Å². The monoisotopic (exact) mass is 474 g/mol. The van der Waals surface area contributed by atoms with Crippen LogP contribution in [0.5, 0.6) is 5.75 Å². The summed E-state index contributed by atoms with van der Waals surface area (Å²) < 4.78 is 10.7. The molecule has 0 saturated carbocycles. The second kappa shape index (κ2) is 17.9. The lowest BCUT2D eigenvalue weighted by molar-refractivity contribution is -0.159. The standard InChI is InChI=1S/C16H26N2O3.2C2H2O4/c1-5-14-15(9-8-13(4)17-14)21-12-16(19)20-11-10-18(6-2)7-3;2*3-1(4)2(5)6/h8-9H,5-7,10-12H2,1-4H3;2*(H,3,4)(H,5,6). The van der Waals surface area contributed by atoms with E-state index in [1.165, 1.54) is 0 Å². The summed E-state index contributed by atoms with van der Waals surface area (Å²) in [6, 6.07) is 3.73. The fourth-order valence-corrected chi connectivity index (χ4v) is 1.99. The van der Waals surface area contributed by atoms with Gasteiger partial charge in [-0.15, -0.1) is 0 Å². The minimum atomic E-state index is -1.82. The molecule has 0 unspecified atom stereocenters. The first kappa shape index (κ1) is 31.4. The van der Waals surface area contributed by atoms with Crippen LogP contribution in [0.2, 0.25) is 0 Å². The summed E-state index contributed by atoms with van der Waals surface area (Å²) in [6.45, 7) is 11.1. The lowest BCUT2D eigenvalue weighted by Gasteiger charge is -2.17. The van der Waals surface area contributed by atoms with Gasteiger partial charge in [0.15, 0.2) is 6.61 Å². The van der Waals surface area contributed by atoms with Gasteiger partial charge >= 0.3 is 29.8 Å². The summed E-state index contributed by atoms with van der Waals surface area (Å²) >= 11 is 0. The Balaban J connectivity index is 0. The Kier molecular flexibility index (Phi) is 17.0. The Labute approximate surface area is 190 Å². The number of aryl methyl sites for hydroxylation is 2. The third kappa shape index (κ3) is 16.6. The van der Waals surface area contributed by atoms with Crippen molar-refractivity contribution in [1.29, 1.82) is 0 Å². The second-order valence-electron chi connectivity index (χ2n) is 6.01. The first-order valence-electron chi connectivity index (χ1n) is 9.79. The molecule has 0 bridgehead atoms. The molecular weight excluding hydrogens is 444 g/mol. The molecule has 0 aliphatic carbocycles. The number of carboxylic acids is 4. The van der Waals surface area contributed by atoms with Crippen molar-refractivity contribution in [3.63, 3.8) is 0 Å². The predicted octanol–water partition coefficient (Wildman–Crippen LogP) is 0.527. The van der Waals surface area contributed by atoms with Gasteiger partial charge in [-0.3, -0.25) is 4.98 Å². The van der Waals surface area contributed by atoms with Crippen LogP contribution in [0.1, 0.15) is 32.2 Å². The number of esters is 1. The minimum absolute atomic E-state index is 0.0734. The maximum absolute atomic E-state index is 11.7. The van der Waals surface area contributed by atoms with Crippen molar-refractivity contribution in [3.8, 4) is 5.75 Å². The number of hydrogen-bond donors (Lipinski definition) is 4. The van der Waals surface area contributed by atoms with Gasteiger partial charge in [0.1, 0.15) is 12.4 Å². The molecule has 0 saturated heterocycles. The zero-order chi connectivity index (χ0) is 26.0. The zero-order valence-electron chi connectivity index (χ0n) is 18.9. The quantitative estimate of drug-likeness (QED) is 0.285. The van der Waals surface area contributed by atoms with E-state index >= 15 is 0 Å². The lowest BCUT2D eigenvalue weighted by Crippen LogP contribution is -2.28. The first-order valence-corrected chi connectivity index (χ1v) is 9.79. The van der Waals surface area contributed by atoms with E-state index in [0.29, 0.717) is 12.4 Å². The van der Waals surface area contributed by atoms with Gasteiger partial charge in [0.05, 0.1) is 5.69 Å². The normalized spacial score (nSPS) is 9.48. The molecule has 0 aromatic carbocycles. The highest BCUT2D eigenvalue weighted by Gasteiger charge is 2.09. The molecular formula is C20H30N2O11. The summed E-state index contributed by atoms with van der Waals surface area (Å²) in [5.74, 6) is -6.98. The highest BCUT2D eigenvalue weighted by molar-refractivity contribution is 6.27. The molecule has 0 spiro atoms. The van der Waals surface area contributed by atoms with Crippen LogP contribution in [0.4, 0.5) is 0 Å². The van der Waals surface area contributed by atoms with Crippen molar-refractivity contribution in [1.82, 2.24) is 9.88 Å². The molecule has 0 aliphatic rings. The molecule has 4 N–H and O–H groups in total. The maximum atomic E-state index is 11.7. The van der Waals surface area contributed by atoms with E-state index in [-0.39, 0.29) is 12.6 Å². The molecule has 0 aliphatic heterocycles. The molecule has 13 nitrogen and oxygen atoms in total. The van der Waals surface area contributed by atoms with Crippen molar-refractivity contribution < 1.29 is 53.9 Å². The van der Waals surface area contributed by atoms with Crippen LogP contribution in [0.15, 0.2) is 12.1 Å². The highest BCUT2D eigenvalue weighted by atomic mass is 16.6. The van der Waals surface area contributed by atoms with Crippen LogP contribution in [-0.2, 0) is 35.1 Å². The predicted molar refractivity (Wildman–Crippen MR) is 113 cm³/mol. The topological polar surface area (TPSA) is 201 Å². The fraction of sp³-hybridized carbons (Fsp3) is 0.500. The smallest absolute Gasteiger partial charge is 0.414 e. The van der Waals surface area contributed by atoms with E-state index in [1.807, 2.05) is 26.0 Å². The molecule has 0 fully saturated rings. The number of likely N-dealkylation sites (N-methyl/N-ethyl adjacent to an activating group) is 1. The van der Waals surface area contributed by atoms with Crippen LogP contribution < -0.4 is 4.74 Å². The number of carbonyl (C=O) groups is 5. The number of aromatic nitrogens is 1. The Morgan fingerprint density at radius 3 is 1.76 bits per heavy atom. The number of pyridine rings is 1. The number of ether oxygens (including phenoxy) is 2. The van der Waals surface area contributed by atoms with Crippen LogP contribution in [0.25, 0.3) is 0 Å². The number of hydrogen-bond acceptors (Lipinski definition) is 9. The minimum Gasteiger partial charge on any atom is -0.480 e. The number of carbonyl (C=O) groups excluding carboxylic acids is 1. The van der Waals surface area contributed by atoms with E-state index in [1.54, 1.807) is 0 Å². The molecule has 0 radical (unpaired) electrons. The Morgan fingerprint density at radius 2 is 1.36 bits per heavy atom. The lowest BCUT2D eigenvalue weighted by atomic mass is 10.2. The largest absolute Gasteiger partial charge is 0.480 e. The average Bonchev–Trinajstić information content (AvgIpc) is 2.76. The van der Waals surface area contributed by atoms with Gasteiger partial charge in [-0.25, -0.2) is 24.0 Å². The summed E-state index contributed by atoms with van der Waals surface area (Å²) in [5.41, 5.74) is 1.81. The highest BCUT2D eigenvalue weighted by Crippen LogP contribution is 2.17. The molecule has 186 valence electrons. The Morgan fingerprint density at radius 1 is 0.879 bits per heavy atom. The second-order valence-corrected chi connectivity index (χ2v) is 6.01. The van der Waals surface area contributed by atoms with Gasteiger partial charge < -0.3 is 34.8 Å². The third-order valence-corrected chi connectivity index (χ3v) is 3.68. The first-order chi connectivity index (χ1) is 15.4. The molecule has 13 heteroatoms. The molecule has 1 aromatic heterocycles. The fourth-order valence-electron chi connectivity index (χ4n) is 1.99. The number of carboxylic acid groups (broad SMARTS) is 4. The maximum Gasteiger partial charge on any atom is 0.414 e. The van der Waals surface area contributed by atoms with Gasteiger partial charge in [0.25, 0.3) is 0 Å². The third-order valence-electron chi connectivity index (χ3n) is 3.68. The van der Waals surface area contributed by atoms with Crippen LogP contribution in [0, 0.1) is 6.92 Å². The van der Waals surface area contributed by atoms with Crippen LogP contribution in [0.3, 0.4) is 0 Å². The average molecular weight is 474 g/mol. The molecule has 1 aromatic rings. The van der Waals surface area contributed by atoms with E-state index < -0.39 is 23.9 Å². The van der Waals surface area contributed by atoms with Gasteiger partial charge in [0, 0.05) is 12.2 Å². The van der Waals surface area contributed by atoms with Crippen molar-refractivity contribution in [2.24, 2.45) is 0 Å². The summed E-state index contributed by atoms with van der Waals surface area (Å²) in [6.07, 6.45) is 0.772. The van der Waals surface area contributed by atoms with Gasteiger partial charge in [-0.2, -0.15) is 0 Å². The number of rotatable bonds is 9. The molecule has 0 atom stereocenters. The van der Waals surface area contributed by atoms with E-state index in [0.717, 1.165) is 37.4 Å². The molecule has 1 rings (SSSR count). The van der Waals surface area contributed by atoms with E-state index in [4.69, 9.17) is 49.1 Å². The summed E-state index contributed by atoms with van der Waals surface area (Å²) in [5, 5.41) is 29.6. The van der Waals surface area contributed by atoms with Crippen molar-refractivity contribution in [3.05, 3.63) is 23.5 Å². The zero-order valence-corrected chi connectivity index (χ0v) is 18.9. The summed E-state index contributed by atoms with van der Waals surface area (Å²) in [7, 11) is 0. The summed E-state index contributed by atoms with van der Waals surface area (Å²) in [4.78, 5) is 54.6. The number of aliphatic carboxylic acids is 4. The van der Waals surface area contributed by atoms with E-state index in [9.17, 15) is 4.79 Å². The Hall–Kier alpha value is -3.74. The van der Waals surface area contributed by atoms with Crippen LogP contribution >= 0.6 is 0 Å². The molecule has 33 heavy (non-hydrogen) atoms. The van der Waals surface area contributed by atoms with Crippen molar-refractivity contribution in [2.45, 2.75) is 34.1 Å². The molecule has 0 amide bonds. The number of nitrogens with zero attached hydrogens (tertiary/aromatic N) is 2. The van der Waals surface area contributed by atoms with Crippen molar-refractivity contribution in [2.75, 3.05) is 32.8 Å². The van der Waals surface area contributed by atoms with E-state index in [2.05, 4.69) is 23.7 Å².